The monoisotopic (exact) mass is 508 g/mol. The molecule has 1 aromatic heterocycles. The third-order valence-electron chi connectivity index (χ3n) is 4.94. The van der Waals surface area contributed by atoms with Crippen LogP contribution >= 0.6 is 23.2 Å². The summed E-state index contributed by atoms with van der Waals surface area (Å²) in [6, 6.07) is 10.4. The number of hydrogen-bond donors (Lipinski definition) is 0. The van der Waals surface area contributed by atoms with Gasteiger partial charge < -0.3 is 9.47 Å². The number of ketones is 1. The van der Waals surface area contributed by atoms with Gasteiger partial charge in [-0.05, 0) is 56.3 Å². The van der Waals surface area contributed by atoms with Crippen LogP contribution in [-0.4, -0.2) is 34.8 Å². The first-order valence-corrected chi connectivity index (χ1v) is 10.8. The number of ether oxygens (including phenoxy) is 2. The predicted octanol–water partition coefficient (Wildman–Crippen LogP) is 5.90. The molecule has 178 valence electrons. The molecule has 6 nitrogen and oxygen atoms in total. The van der Waals surface area contributed by atoms with Gasteiger partial charge in [0, 0.05) is 38.5 Å². The lowest BCUT2D eigenvalue weighted by Gasteiger charge is -2.09. The van der Waals surface area contributed by atoms with E-state index in [4.69, 9.17) is 27.9 Å². The van der Waals surface area contributed by atoms with E-state index in [0.717, 1.165) is 16.8 Å². The summed E-state index contributed by atoms with van der Waals surface area (Å²) in [6.45, 7) is 0.552. The molecule has 0 aliphatic heterocycles. The predicted molar refractivity (Wildman–Crippen MR) is 125 cm³/mol. The van der Waals surface area contributed by atoms with Gasteiger partial charge in [-0.3, -0.25) is 9.48 Å². The summed E-state index contributed by atoms with van der Waals surface area (Å²) in [4.78, 5) is 24.3. The minimum absolute atomic E-state index is 0.0745. The Kier molecular flexibility index (Phi) is 8.41. The average molecular weight is 509 g/mol. The number of Topliss-reactive ketones (excluding diaryl/α,β-unsaturated/α-hetero) is 1. The minimum atomic E-state index is -2.96. The highest BCUT2D eigenvalue weighted by molar-refractivity contribution is 6.36. The Bertz CT molecular complexity index is 1200. The largest absolute Gasteiger partial charge is 0.454 e. The first-order valence-electron chi connectivity index (χ1n) is 10.1. The van der Waals surface area contributed by atoms with Crippen LogP contribution in [-0.2, 0) is 16.1 Å². The van der Waals surface area contributed by atoms with Crippen molar-refractivity contribution >= 4 is 41.0 Å². The first-order chi connectivity index (χ1) is 16.2. The van der Waals surface area contributed by atoms with Crippen LogP contribution in [0.2, 0.25) is 10.0 Å². The van der Waals surface area contributed by atoms with Gasteiger partial charge in [0.15, 0.2) is 12.4 Å². The van der Waals surface area contributed by atoms with Crippen molar-refractivity contribution in [3.05, 3.63) is 86.7 Å². The fourth-order valence-electron chi connectivity index (χ4n) is 3.18. The molecule has 2 aromatic carbocycles. The van der Waals surface area contributed by atoms with E-state index in [1.807, 2.05) is 6.92 Å². The number of nitrogens with zero attached hydrogens (tertiary/aromatic N) is 2. The normalized spacial score (nSPS) is 11.3. The highest BCUT2D eigenvalue weighted by Crippen LogP contribution is 2.26. The van der Waals surface area contributed by atoms with Crippen LogP contribution in [0.5, 0.6) is 5.75 Å². The molecule has 0 fully saturated rings. The maximum atomic E-state index is 12.2. The molecule has 0 bridgehead atoms. The molecule has 0 saturated carbocycles. The second-order valence-corrected chi connectivity index (χ2v) is 8.02. The van der Waals surface area contributed by atoms with Gasteiger partial charge in [0.2, 0.25) is 0 Å². The lowest BCUT2D eigenvalue weighted by atomic mass is 10.1. The number of halogens is 4. The Morgan fingerprint density at radius 2 is 1.74 bits per heavy atom. The van der Waals surface area contributed by atoms with Gasteiger partial charge in [-0.15, -0.1) is 0 Å². The van der Waals surface area contributed by atoms with Crippen molar-refractivity contribution in [3.8, 4) is 5.75 Å². The Morgan fingerprint density at radius 1 is 1.09 bits per heavy atom. The molecule has 0 radical (unpaired) electrons. The number of esters is 1. The van der Waals surface area contributed by atoms with Gasteiger partial charge in [0.25, 0.3) is 0 Å². The summed E-state index contributed by atoms with van der Waals surface area (Å²) in [7, 11) is 0. The van der Waals surface area contributed by atoms with E-state index in [0.29, 0.717) is 22.3 Å². The summed E-state index contributed by atoms with van der Waals surface area (Å²) in [5.41, 5.74) is 3.14. The molecule has 10 heteroatoms. The standard InChI is InChI=1S/C24H20Cl2F2N2O4/c1-14-18(15(2)30(29-14)12-19-20(25)4-3-5-21(19)26)10-11-23(32)33-13-22(31)16-6-8-17(9-7-16)34-24(27)28/h3-11,24H,12-13H2,1-2H3/b11-10+. The zero-order chi connectivity index (χ0) is 24.8. The van der Waals surface area contributed by atoms with E-state index in [-0.39, 0.29) is 11.3 Å². The van der Waals surface area contributed by atoms with E-state index in [9.17, 15) is 18.4 Å². The highest BCUT2D eigenvalue weighted by Gasteiger charge is 2.14. The Balaban J connectivity index is 1.61. The van der Waals surface area contributed by atoms with Crippen LogP contribution in [0.4, 0.5) is 8.78 Å². The number of carbonyl (C=O) groups excluding carboxylic acids is 2. The Labute approximate surface area is 204 Å². The molecule has 34 heavy (non-hydrogen) atoms. The molecule has 3 rings (SSSR count). The van der Waals surface area contributed by atoms with Crippen molar-refractivity contribution in [1.82, 2.24) is 9.78 Å². The fraction of sp³-hybridized carbons (Fsp3) is 0.208. The molecule has 0 spiro atoms. The lowest BCUT2D eigenvalue weighted by molar-refractivity contribution is -0.136. The topological polar surface area (TPSA) is 70.4 Å². The summed E-state index contributed by atoms with van der Waals surface area (Å²) in [6.07, 6.45) is 2.77. The van der Waals surface area contributed by atoms with Crippen LogP contribution in [0.1, 0.15) is 32.9 Å². The van der Waals surface area contributed by atoms with Gasteiger partial charge in [-0.25, -0.2) is 4.79 Å². The smallest absolute Gasteiger partial charge is 0.387 e. The zero-order valence-corrected chi connectivity index (χ0v) is 19.7. The van der Waals surface area contributed by atoms with Crippen molar-refractivity contribution in [1.29, 1.82) is 0 Å². The van der Waals surface area contributed by atoms with Gasteiger partial charge >= 0.3 is 12.6 Å². The van der Waals surface area contributed by atoms with Gasteiger partial charge in [0.1, 0.15) is 5.75 Å². The maximum Gasteiger partial charge on any atom is 0.387 e. The Hall–Kier alpha value is -3.23. The molecular weight excluding hydrogens is 489 g/mol. The number of alkyl halides is 2. The van der Waals surface area contributed by atoms with E-state index in [1.165, 1.54) is 30.3 Å². The van der Waals surface area contributed by atoms with Crippen LogP contribution in [0, 0.1) is 13.8 Å². The first kappa shape index (κ1) is 25.4. The van der Waals surface area contributed by atoms with Crippen LogP contribution in [0.15, 0.2) is 48.5 Å². The zero-order valence-electron chi connectivity index (χ0n) is 18.2. The van der Waals surface area contributed by atoms with Crippen LogP contribution in [0.25, 0.3) is 6.08 Å². The number of hydrogen-bond acceptors (Lipinski definition) is 5. The molecule has 3 aromatic rings. The number of aryl methyl sites for hydroxylation is 1. The van der Waals surface area contributed by atoms with Crippen molar-refractivity contribution in [2.45, 2.75) is 27.0 Å². The summed E-state index contributed by atoms with van der Waals surface area (Å²) < 4.78 is 35.4. The van der Waals surface area contributed by atoms with Crippen molar-refractivity contribution in [2.24, 2.45) is 0 Å². The van der Waals surface area contributed by atoms with E-state index < -0.39 is 25.0 Å². The van der Waals surface area contributed by atoms with Crippen LogP contribution < -0.4 is 4.74 Å². The molecule has 1 heterocycles. The molecule has 0 amide bonds. The summed E-state index contributed by atoms with van der Waals surface area (Å²) >= 11 is 12.5. The molecular formula is C24H20Cl2F2N2O4. The number of rotatable bonds is 9. The van der Waals surface area contributed by atoms with Crippen molar-refractivity contribution in [2.75, 3.05) is 6.61 Å². The summed E-state index contributed by atoms with van der Waals surface area (Å²) in [5.74, 6) is -1.27. The summed E-state index contributed by atoms with van der Waals surface area (Å²) in [5, 5.41) is 5.55. The van der Waals surface area contributed by atoms with Crippen LogP contribution in [0.3, 0.4) is 0 Å². The second kappa shape index (κ2) is 11.3. The van der Waals surface area contributed by atoms with Crippen molar-refractivity contribution in [3.63, 3.8) is 0 Å². The van der Waals surface area contributed by atoms with Gasteiger partial charge in [-0.1, -0.05) is 29.3 Å². The minimum Gasteiger partial charge on any atom is -0.454 e. The highest BCUT2D eigenvalue weighted by atomic mass is 35.5. The average Bonchev–Trinajstić information content (AvgIpc) is 3.05. The van der Waals surface area contributed by atoms with Gasteiger partial charge in [-0.2, -0.15) is 13.9 Å². The molecule has 0 atom stereocenters. The van der Waals surface area contributed by atoms with Crippen molar-refractivity contribution < 1.29 is 27.8 Å². The maximum absolute atomic E-state index is 12.2. The van der Waals surface area contributed by atoms with E-state index in [1.54, 1.807) is 35.9 Å². The fourth-order valence-corrected chi connectivity index (χ4v) is 3.70. The molecule has 0 N–H and O–H groups in total. The van der Waals surface area contributed by atoms with E-state index >= 15 is 0 Å². The third-order valence-corrected chi connectivity index (χ3v) is 5.65. The van der Waals surface area contributed by atoms with E-state index in [2.05, 4.69) is 9.84 Å². The number of carbonyl (C=O) groups is 2. The number of benzene rings is 2. The quantitative estimate of drug-likeness (QED) is 0.204. The molecule has 0 saturated heterocycles. The molecule has 0 unspecified atom stereocenters. The second-order valence-electron chi connectivity index (χ2n) is 7.21. The SMILES string of the molecule is Cc1nn(Cc2c(Cl)cccc2Cl)c(C)c1/C=C/C(=O)OCC(=O)c1ccc(OC(F)F)cc1. The third kappa shape index (κ3) is 6.42. The molecule has 0 aliphatic carbocycles. The molecule has 0 aliphatic rings. The lowest BCUT2D eigenvalue weighted by Crippen LogP contribution is -2.12. The number of aromatic nitrogens is 2. The Morgan fingerprint density at radius 3 is 2.35 bits per heavy atom. The van der Waals surface area contributed by atoms with Gasteiger partial charge in [0.05, 0.1) is 12.2 Å².